The molecule has 8 heteroatoms. The van der Waals surface area contributed by atoms with Crippen LogP contribution in [0, 0.1) is 10.1 Å². The molecule has 0 aliphatic heterocycles. The Morgan fingerprint density at radius 2 is 1.90 bits per heavy atom. The van der Waals surface area contributed by atoms with Crippen molar-refractivity contribution in [1.29, 1.82) is 0 Å². The number of nitro benzene ring substituents is 1. The first kappa shape index (κ1) is 15.2. The van der Waals surface area contributed by atoms with Crippen molar-refractivity contribution < 1.29 is 19.6 Å². The number of hydrogen-bond acceptors (Lipinski definition) is 4. The highest BCUT2D eigenvalue weighted by atomic mass is 35.5. The van der Waals surface area contributed by atoms with Crippen molar-refractivity contribution in [3.05, 3.63) is 38.9 Å². The number of amides is 1. The van der Waals surface area contributed by atoms with E-state index in [1.165, 1.54) is 6.07 Å². The Morgan fingerprint density at radius 1 is 1.29 bits per heavy atom. The Kier molecular flexibility index (Phi) is 4.13. The summed E-state index contributed by atoms with van der Waals surface area (Å²) in [5.41, 5.74) is -1.64. The summed E-state index contributed by atoms with van der Waals surface area (Å²) in [5.74, 6) is -1.77. The number of nitrogens with one attached hydrogen (secondary N) is 1. The molecule has 112 valence electrons. The van der Waals surface area contributed by atoms with E-state index >= 15 is 0 Å². The zero-order valence-corrected chi connectivity index (χ0v) is 11.7. The van der Waals surface area contributed by atoms with Crippen LogP contribution in [0.4, 0.5) is 5.69 Å². The normalized spacial score (nSPS) is 16.4. The van der Waals surface area contributed by atoms with Crippen LogP contribution in [0.1, 0.15) is 36.0 Å². The van der Waals surface area contributed by atoms with Gasteiger partial charge >= 0.3 is 5.97 Å². The summed E-state index contributed by atoms with van der Waals surface area (Å²) >= 11 is 5.75. The van der Waals surface area contributed by atoms with Gasteiger partial charge in [-0.2, -0.15) is 0 Å². The third-order valence-electron chi connectivity index (χ3n) is 3.57. The molecule has 1 aromatic rings. The highest BCUT2D eigenvalue weighted by molar-refractivity contribution is 6.31. The minimum atomic E-state index is -1.30. The van der Waals surface area contributed by atoms with E-state index in [9.17, 15) is 24.8 Å². The van der Waals surface area contributed by atoms with Gasteiger partial charge in [-0.25, -0.2) is 4.79 Å². The number of carbonyl (C=O) groups is 2. The number of carboxylic acids is 1. The minimum Gasteiger partial charge on any atom is -0.480 e. The number of hydrogen-bond donors (Lipinski definition) is 2. The van der Waals surface area contributed by atoms with Crippen LogP contribution in [0.25, 0.3) is 0 Å². The summed E-state index contributed by atoms with van der Waals surface area (Å²) in [4.78, 5) is 33.7. The lowest BCUT2D eigenvalue weighted by Crippen LogP contribution is -2.52. The van der Waals surface area contributed by atoms with Crippen molar-refractivity contribution >= 4 is 29.2 Å². The molecule has 0 bridgehead atoms. The van der Waals surface area contributed by atoms with Gasteiger partial charge in [0.05, 0.1) is 4.92 Å². The summed E-state index contributed by atoms with van der Waals surface area (Å²) in [6.07, 6.45) is 2.11. The van der Waals surface area contributed by atoms with E-state index in [0.29, 0.717) is 25.7 Å². The molecule has 0 saturated heterocycles. The zero-order chi connectivity index (χ0) is 15.6. The molecule has 0 radical (unpaired) electrons. The second-order valence-corrected chi connectivity index (χ2v) is 5.44. The molecule has 1 aliphatic rings. The van der Waals surface area contributed by atoms with E-state index in [-0.39, 0.29) is 16.3 Å². The van der Waals surface area contributed by atoms with Crippen molar-refractivity contribution in [2.75, 3.05) is 0 Å². The van der Waals surface area contributed by atoms with Crippen LogP contribution >= 0.6 is 11.6 Å². The molecule has 0 atom stereocenters. The van der Waals surface area contributed by atoms with Gasteiger partial charge in [-0.3, -0.25) is 14.9 Å². The van der Waals surface area contributed by atoms with Crippen molar-refractivity contribution in [3.63, 3.8) is 0 Å². The maximum absolute atomic E-state index is 12.2. The molecule has 0 spiro atoms. The lowest BCUT2D eigenvalue weighted by Gasteiger charge is -2.25. The van der Waals surface area contributed by atoms with E-state index in [0.717, 1.165) is 12.1 Å². The molecule has 0 heterocycles. The number of aliphatic carboxylic acids is 1. The monoisotopic (exact) mass is 312 g/mol. The van der Waals surface area contributed by atoms with Gasteiger partial charge in [0, 0.05) is 22.7 Å². The Balaban J connectivity index is 2.28. The molecule has 21 heavy (non-hydrogen) atoms. The number of rotatable bonds is 4. The summed E-state index contributed by atoms with van der Waals surface area (Å²) in [5, 5.41) is 22.6. The molecule has 1 amide bonds. The summed E-state index contributed by atoms with van der Waals surface area (Å²) in [6, 6.07) is 3.47. The molecule has 0 aromatic heterocycles. The lowest BCUT2D eigenvalue weighted by atomic mass is 9.97. The quantitative estimate of drug-likeness (QED) is 0.655. The predicted molar refractivity (Wildman–Crippen MR) is 74.4 cm³/mol. The second-order valence-electron chi connectivity index (χ2n) is 5.00. The Labute approximate surface area is 125 Å². The van der Waals surface area contributed by atoms with Crippen molar-refractivity contribution in [1.82, 2.24) is 5.32 Å². The number of nitro groups is 1. The molecule has 1 fully saturated rings. The Morgan fingerprint density at radius 3 is 2.43 bits per heavy atom. The highest BCUT2D eigenvalue weighted by Gasteiger charge is 2.42. The van der Waals surface area contributed by atoms with Gasteiger partial charge in [-0.15, -0.1) is 0 Å². The van der Waals surface area contributed by atoms with Gasteiger partial charge in [-0.1, -0.05) is 24.4 Å². The van der Waals surface area contributed by atoms with Crippen LogP contribution in [-0.2, 0) is 4.79 Å². The second kappa shape index (κ2) is 5.69. The van der Waals surface area contributed by atoms with Crippen molar-refractivity contribution in [2.24, 2.45) is 0 Å². The molecule has 0 unspecified atom stereocenters. The first-order valence-corrected chi connectivity index (χ1v) is 6.73. The number of benzene rings is 1. The summed E-state index contributed by atoms with van der Waals surface area (Å²) in [7, 11) is 0. The highest BCUT2D eigenvalue weighted by Crippen LogP contribution is 2.30. The van der Waals surface area contributed by atoms with Crippen LogP contribution < -0.4 is 5.32 Å². The SMILES string of the molecule is O=C(NC1(C(=O)O)CCCC1)c1cc(Cl)cc([N+](=O)[O-])c1. The van der Waals surface area contributed by atoms with E-state index in [2.05, 4.69) is 5.32 Å². The minimum absolute atomic E-state index is 0.0262. The van der Waals surface area contributed by atoms with Gasteiger partial charge in [0.2, 0.25) is 0 Å². The van der Waals surface area contributed by atoms with Crippen LogP contribution in [0.2, 0.25) is 5.02 Å². The topological polar surface area (TPSA) is 110 Å². The van der Waals surface area contributed by atoms with Crippen LogP contribution in [0.3, 0.4) is 0 Å². The number of nitrogens with zero attached hydrogens (tertiary/aromatic N) is 1. The Hall–Kier alpha value is -2.15. The Bertz CT molecular complexity index is 611. The lowest BCUT2D eigenvalue weighted by molar-refractivity contribution is -0.384. The average Bonchev–Trinajstić information content (AvgIpc) is 2.87. The fourth-order valence-electron chi connectivity index (χ4n) is 2.47. The predicted octanol–water partition coefficient (Wildman–Crippen LogP) is 2.38. The average molecular weight is 313 g/mol. The standard InChI is InChI=1S/C13H13ClN2O5/c14-9-5-8(6-10(7-9)16(20)21)11(17)15-13(12(18)19)3-1-2-4-13/h5-7H,1-4H2,(H,15,17)(H,18,19). The zero-order valence-electron chi connectivity index (χ0n) is 11.0. The molecular formula is C13H13ClN2O5. The van der Waals surface area contributed by atoms with Gasteiger partial charge < -0.3 is 10.4 Å². The number of halogens is 1. The summed E-state index contributed by atoms with van der Waals surface area (Å²) in [6.45, 7) is 0. The van der Waals surface area contributed by atoms with Crippen LogP contribution in [-0.4, -0.2) is 27.4 Å². The van der Waals surface area contributed by atoms with Crippen molar-refractivity contribution in [2.45, 2.75) is 31.2 Å². The molecule has 7 nitrogen and oxygen atoms in total. The molecule has 2 N–H and O–H groups in total. The molecular weight excluding hydrogens is 300 g/mol. The van der Waals surface area contributed by atoms with E-state index < -0.39 is 22.3 Å². The molecule has 1 saturated carbocycles. The van der Waals surface area contributed by atoms with Crippen molar-refractivity contribution in [3.8, 4) is 0 Å². The largest absolute Gasteiger partial charge is 0.480 e. The molecule has 2 rings (SSSR count). The van der Waals surface area contributed by atoms with Gasteiger partial charge in [0.1, 0.15) is 5.54 Å². The maximum atomic E-state index is 12.2. The third kappa shape index (κ3) is 3.13. The first-order valence-electron chi connectivity index (χ1n) is 6.35. The van der Waals surface area contributed by atoms with Crippen LogP contribution in [0.15, 0.2) is 18.2 Å². The van der Waals surface area contributed by atoms with Crippen LogP contribution in [0.5, 0.6) is 0 Å². The first-order chi connectivity index (χ1) is 9.84. The smallest absolute Gasteiger partial charge is 0.329 e. The summed E-state index contributed by atoms with van der Waals surface area (Å²) < 4.78 is 0. The van der Waals surface area contributed by atoms with E-state index in [4.69, 9.17) is 11.6 Å². The number of non-ortho nitro benzene ring substituents is 1. The van der Waals surface area contributed by atoms with Gasteiger partial charge in [0.15, 0.2) is 0 Å². The number of carboxylic acid groups (broad SMARTS) is 1. The maximum Gasteiger partial charge on any atom is 0.329 e. The molecule has 1 aromatic carbocycles. The molecule has 1 aliphatic carbocycles. The fraction of sp³-hybridized carbons (Fsp3) is 0.385. The third-order valence-corrected chi connectivity index (χ3v) is 3.79. The van der Waals surface area contributed by atoms with E-state index in [1.54, 1.807) is 0 Å². The van der Waals surface area contributed by atoms with Gasteiger partial charge in [-0.05, 0) is 18.9 Å². The van der Waals surface area contributed by atoms with E-state index in [1.807, 2.05) is 0 Å². The number of carbonyl (C=O) groups excluding carboxylic acids is 1. The fourth-order valence-corrected chi connectivity index (χ4v) is 2.70. The van der Waals surface area contributed by atoms with Gasteiger partial charge in [0.25, 0.3) is 11.6 Å².